The van der Waals surface area contributed by atoms with Crippen LogP contribution >= 0.6 is 0 Å². The first-order valence-corrected chi connectivity index (χ1v) is 5.41. The highest BCUT2D eigenvalue weighted by molar-refractivity contribution is 5.68. The van der Waals surface area contributed by atoms with Crippen molar-refractivity contribution in [3.63, 3.8) is 0 Å². The molecule has 0 N–H and O–H groups in total. The molecule has 0 aromatic carbocycles. The molecule has 104 valence electrons. The minimum Gasteiger partial charge on any atom is -0.459 e. The van der Waals surface area contributed by atoms with Crippen LogP contribution in [0.2, 0.25) is 0 Å². The van der Waals surface area contributed by atoms with Gasteiger partial charge in [0.25, 0.3) is 5.79 Å². The lowest BCUT2D eigenvalue weighted by molar-refractivity contribution is -0.263. The monoisotopic (exact) mass is 262 g/mol. The summed E-state index contributed by atoms with van der Waals surface area (Å²) in [4.78, 5) is 32.6. The SMILES string of the molecule is CCOC(COC(C)=O)(COC(C)=O)OC(C)=O. The number of ether oxygens (including phenoxy) is 4. The normalized spacial score (nSPS) is 10.7. The van der Waals surface area contributed by atoms with Crippen LogP contribution in [0.4, 0.5) is 0 Å². The van der Waals surface area contributed by atoms with Gasteiger partial charge in [-0.2, -0.15) is 0 Å². The second-order valence-corrected chi connectivity index (χ2v) is 3.50. The first-order valence-electron chi connectivity index (χ1n) is 5.41. The number of hydrogen-bond acceptors (Lipinski definition) is 7. The summed E-state index contributed by atoms with van der Waals surface area (Å²) in [6.45, 7) is 4.75. The molecule has 0 fully saturated rings. The molecule has 0 amide bonds. The number of rotatable bonds is 7. The van der Waals surface area contributed by atoms with Crippen LogP contribution in [0.15, 0.2) is 0 Å². The second kappa shape index (κ2) is 7.65. The Morgan fingerprint density at radius 3 is 1.61 bits per heavy atom. The van der Waals surface area contributed by atoms with Gasteiger partial charge in [0.15, 0.2) is 13.2 Å². The van der Waals surface area contributed by atoms with E-state index in [1.165, 1.54) is 20.8 Å². The van der Waals surface area contributed by atoms with E-state index in [2.05, 4.69) is 0 Å². The maximum absolute atomic E-state index is 11.0. The van der Waals surface area contributed by atoms with Crippen molar-refractivity contribution in [2.24, 2.45) is 0 Å². The Balaban J connectivity index is 4.81. The summed E-state index contributed by atoms with van der Waals surface area (Å²) in [7, 11) is 0. The van der Waals surface area contributed by atoms with Gasteiger partial charge in [-0.3, -0.25) is 14.4 Å². The molecule has 0 rings (SSSR count). The molecule has 18 heavy (non-hydrogen) atoms. The predicted molar refractivity (Wildman–Crippen MR) is 59.4 cm³/mol. The quantitative estimate of drug-likeness (QED) is 0.373. The van der Waals surface area contributed by atoms with Crippen LogP contribution in [0.25, 0.3) is 0 Å². The summed E-state index contributed by atoms with van der Waals surface area (Å²) in [6, 6.07) is 0. The summed E-state index contributed by atoms with van der Waals surface area (Å²) < 4.78 is 19.7. The maximum Gasteiger partial charge on any atom is 0.305 e. The van der Waals surface area contributed by atoms with Crippen LogP contribution < -0.4 is 0 Å². The molecule has 0 aromatic rings. The van der Waals surface area contributed by atoms with Gasteiger partial charge in [-0.15, -0.1) is 0 Å². The Bertz CT molecular complexity index is 293. The van der Waals surface area contributed by atoms with Gasteiger partial charge in [0, 0.05) is 27.4 Å². The van der Waals surface area contributed by atoms with Crippen LogP contribution in [0.5, 0.6) is 0 Å². The molecular weight excluding hydrogens is 244 g/mol. The van der Waals surface area contributed by atoms with Gasteiger partial charge >= 0.3 is 17.9 Å². The number of carbonyl (C=O) groups is 3. The van der Waals surface area contributed by atoms with Crippen molar-refractivity contribution in [1.82, 2.24) is 0 Å². The number of esters is 3. The Morgan fingerprint density at radius 1 is 0.889 bits per heavy atom. The zero-order chi connectivity index (χ0) is 14.2. The van der Waals surface area contributed by atoms with Crippen LogP contribution in [-0.4, -0.2) is 43.5 Å². The van der Waals surface area contributed by atoms with Gasteiger partial charge in [0.05, 0.1) is 0 Å². The fourth-order valence-electron chi connectivity index (χ4n) is 1.16. The molecule has 0 unspecified atom stereocenters. The molecular formula is C11H18O7. The van der Waals surface area contributed by atoms with Crippen LogP contribution in [-0.2, 0) is 33.3 Å². The van der Waals surface area contributed by atoms with E-state index in [1.807, 2.05) is 0 Å². The molecule has 0 spiro atoms. The fourth-order valence-corrected chi connectivity index (χ4v) is 1.16. The molecule has 0 bridgehead atoms. The van der Waals surface area contributed by atoms with Crippen LogP contribution in [0, 0.1) is 0 Å². The molecule has 0 radical (unpaired) electrons. The highest BCUT2D eigenvalue weighted by Gasteiger charge is 2.37. The summed E-state index contributed by atoms with van der Waals surface area (Å²) >= 11 is 0. The second-order valence-electron chi connectivity index (χ2n) is 3.50. The topological polar surface area (TPSA) is 88.1 Å². The summed E-state index contributed by atoms with van der Waals surface area (Å²) in [5, 5.41) is 0. The molecule has 0 aliphatic rings. The van der Waals surface area contributed by atoms with E-state index in [1.54, 1.807) is 6.92 Å². The molecule has 0 atom stereocenters. The molecule has 0 aromatic heterocycles. The zero-order valence-corrected chi connectivity index (χ0v) is 11.0. The number of carbonyl (C=O) groups excluding carboxylic acids is 3. The van der Waals surface area contributed by atoms with Gasteiger partial charge in [-0.1, -0.05) is 0 Å². The van der Waals surface area contributed by atoms with Crippen LogP contribution in [0.3, 0.4) is 0 Å². The lowest BCUT2D eigenvalue weighted by Crippen LogP contribution is -2.47. The van der Waals surface area contributed by atoms with E-state index in [0.29, 0.717) is 0 Å². The molecule has 0 saturated heterocycles. The van der Waals surface area contributed by atoms with Crippen molar-refractivity contribution in [2.75, 3.05) is 19.8 Å². The molecule has 7 nitrogen and oxygen atoms in total. The third-order valence-electron chi connectivity index (χ3n) is 1.73. The van der Waals surface area contributed by atoms with Crippen molar-refractivity contribution >= 4 is 17.9 Å². The highest BCUT2D eigenvalue weighted by atomic mass is 16.7. The van der Waals surface area contributed by atoms with Crippen molar-refractivity contribution in [2.45, 2.75) is 33.5 Å². The maximum atomic E-state index is 11.0. The van der Waals surface area contributed by atoms with Crippen molar-refractivity contribution in [1.29, 1.82) is 0 Å². The van der Waals surface area contributed by atoms with Gasteiger partial charge in [-0.05, 0) is 6.92 Å². The molecule has 7 heteroatoms. The fraction of sp³-hybridized carbons (Fsp3) is 0.727. The van der Waals surface area contributed by atoms with E-state index >= 15 is 0 Å². The average Bonchev–Trinajstić information content (AvgIpc) is 2.23. The minimum absolute atomic E-state index is 0.190. The first kappa shape index (κ1) is 16.4. The predicted octanol–water partition coefficient (Wildman–Crippen LogP) is 0.409. The zero-order valence-electron chi connectivity index (χ0n) is 11.0. The first-order chi connectivity index (χ1) is 8.31. The molecule has 0 saturated carbocycles. The van der Waals surface area contributed by atoms with Gasteiger partial charge in [0.2, 0.25) is 0 Å². The Hall–Kier alpha value is -1.63. The Labute approximate surface area is 105 Å². The average molecular weight is 262 g/mol. The van der Waals surface area contributed by atoms with E-state index < -0.39 is 23.7 Å². The van der Waals surface area contributed by atoms with E-state index in [0.717, 1.165) is 0 Å². The Kier molecular flexibility index (Phi) is 6.96. The van der Waals surface area contributed by atoms with E-state index in [-0.39, 0.29) is 19.8 Å². The van der Waals surface area contributed by atoms with E-state index in [9.17, 15) is 14.4 Å². The Morgan fingerprint density at radius 2 is 1.33 bits per heavy atom. The lowest BCUT2D eigenvalue weighted by Gasteiger charge is -2.31. The molecule has 0 aliphatic heterocycles. The summed E-state index contributed by atoms with van der Waals surface area (Å²) in [5.74, 6) is -3.36. The highest BCUT2D eigenvalue weighted by Crippen LogP contribution is 2.16. The van der Waals surface area contributed by atoms with Crippen molar-refractivity contribution in [3.8, 4) is 0 Å². The van der Waals surface area contributed by atoms with Gasteiger partial charge in [-0.25, -0.2) is 0 Å². The van der Waals surface area contributed by atoms with Crippen molar-refractivity contribution < 1.29 is 33.3 Å². The number of hydrogen-bond donors (Lipinski definition) is 0. The van der Waals surface area contributed by atoms with Crippen molar-refractivity contribution in [3.05, 3.63) is 0 Å². The van der Waals surface area contributed by atoms with Crippen LogP contribution in [0.1, 0.15) is 27.7 Å². The third kappa shape index (κ3) is 6.85. The summed E-state index contributed by atoms with van der Waals surface area (Å²) in [5.41, 5.74) is 0. The molecule has 0 heterocycles. The smallest absolute Gasteiger partial charge is 0.305 e. The standard InChI is InChI=1S/C11H18O7/c1-5-17-11(18-10(4)14,6-15-8(2)12)7-16-9(3)13/h5-7H2,1-4H3. The van der Waals surface area contributed by atoms with E-state index in [4.69, 9.17) is 18.9 Å². The largest absolute Gasteiger partial charge is 0.459 e. The minimum atomic E-state index is -1.60. The van der Waals surface area contributed by atoms with Gasteiger partial charge in [0.1, 0.15) is 0 Å². The molecule has 0 aliphatic carbocycles. The van der Waals surface area contributed by atoms with Gasteiger partial charge < -0.3 is 18.9 Å². The lowest BCUT2D eigenvalue weighted by atomic mass is 10.3. The summed E-state index contributed by atoms with van der Waals surface area (Å²) in [6.07, 6.45) is 0. The third-order valence-corrected chi connectivity index (χ3v) is 1.73.